The van der Waals surface area contributed by atoms with Crippen molar-refractivity contribution >= 4 is 8.80 Å². The molecule has 0 nitrogen and oxygen atoms in total. The second kappa shape index (κ2) is 2.75. The van der Waals surface area contributed by atoms with Crippen molar-refractivity contribution in [3.8, 4) is 0 Å². The summed E-state index contributed by atoms with van der Waals surface area (Å²) in [6.07, 6.45) is 3.67. The normalized spacial score (nSPS) is 18.7. The van der Waals surface area contributed by atoms with Crippen molar-refractivity contribution in [2.45, 2.75) is 33.4 Å². The summed E-state index contributed by atoms with van der Waals surface area (Å²) < 4.78 is 0. The first kappa shape index (κ1) is 7.80. The molecule has 0 saturated carbocycles. The molecule has 0 spiro atoms. The second-order valence-corrected chi connectivity index (χ2v) is 6.57. The molecule has 0 aliphatic heterocycles. The van der Waals surface area contributed by atoms with E-state index in [1.54, 1.807) is 10.8 Å². The Morgan fingerprint density at radius 3 is 2.10 bits per heavy atom. The minimum Gasteiger partial charge on any atom is -0.0804 e. The Hall–Kier alpha value is -0.303. The standard InChI is InChI=1S/C9H16Si/c1-7-5-9(10(3)4)6-8(7)2/h5,10H,6H2,1-4H3. The number of allylic oxidation sites excluding steroid dienone is 4. The van der Waals surface area contributed by atoms with Crippen LogP contribution >= 0.6 is 0 Å². The maximum Gasteiger partial charge on any atom is 0.0600 e. The van der Waals surface area contributed by atoms with Crippen LogP contribution in [0.15, 0.2) is 22.4 Å². The molecule has 0 unspecified atom stereocenters. The van der Waals surface area contributed by atoms with E-state index >= 15 is 0 Å². The molecule has 0 fully saturated rings. The fourth-order valence-electron chi connectivity index (χ4n) is 1.27. The molecule has 10 heavy (non-hydrogen) atoms. The molecule has 0 saturated heterocycles. The lowest BCUT2D eigenvalue weighted by atomic mass is 10.2. The zero-order chi connectivity index (χ0) is 7.72. The van der Waals surface area contributed by atoms with E-state index in [4.69, 9.17) is 0 Å². The van der Waals surface area contributed by atoms with Crippen LogP contribution in [0.25, 0.3) is 0 Å². The quantitative estimate of drug-likeness (QED) is 0.507. The number of hydrogen-bond acceptors (Lipinski definition) is 0. The molecule has 0 aromatic rings. The van der Waals surface area contributed by atoms with E-state index in [9.17, 15) is 0 Å². The first-order valence-corrected chi connectivity index (χ1v) is 6.86. The second-order valence-electron chi connectivity index (χ2n) is 3.51. The predicted octanol–water partition coefficient (Wildman–Crippen LogP) is 2.68. The highest BCUT2D eigenvalue weighted by atomic mass is 28.3. The van der Waals surface area contributed by atoms with Crippen LogP contribution in [-0.4, -0.2) is 8.80 Å². The SMILES string of the molecule is CC1=C(C)CC([SiH](C)C)=C1. The average molecular weight is 152 g/mol. The van der Waals surface area contributed by atoms with Gasteiger partial charge in [0.25, 0.3) is 0 Å². The van der Waals surface area contributed by atoms with Gasteiger partial charge in [0.2, 0.25) is 0 Å². The Bertz CT molecular complexity index is 197. The fourth-order valence-corrected chi connectivity index (χ4v) is 2.57. The highest BCUT2D eigenvalue weighted by Gasteiger charge is 2.11. The van der Waals surface area contributed by atoms with E-state index in [0.29, 0.717) is 0 Å². The first-order chi connectivity index (χ1) is 4.61. The number of rotatable bonds is 1. The Morgan fingerprint density at radius 1 is 1.30 bits per heavy atom. The van der Waals surface area contributed by atoms with Crippen molar-refractivity contribution in [2.24, 2.45) is 0 Å². The molecule has 1 aliphatic rings. The third kappa shape index (κ3) is 1.40. The van der Waals surface area contributed by atoms with Gasteiger partial charge in [0, 0.05) is 0 Å². The minimum atomic E-state index is -0.480. The van der Waals surface area contributed by atoms with Crippen molar-refractivity contribution in [1.82, 2.24) is 0 Å². The molecule has 0 aromatic carbocycles. The summed E-state index contributed by atoms with van der Waals surface area (Å²) >= 11 is 0. The summed E-state index contributed by atoms with van der Waals surface area (Å²) in [5, 5.41) is 1.73. The van der Waals surface area contributed by atoms with Crippen LogP contribution in [0.5, 0.6) is 0 Å². The van der Waals surface area contributed by atoms with Gasteiger partial charge in [-0.15, -0.1) is 0 Å². The molecule has 0 heterocycles. The zero-order valence-corrected chi connectivity index (χ0v) is 8.52. The van der Waals surface area contributed by atoms with Crippen molar-refractivity contribution < 1.29 is 0 Å². The summed E-state index contributed by atoms with van der Waals surface area (Å²) in [5.41, 5.74) is 3.09. The topological polar surface area (TPSA) is 0 Å². The van der Waals surface area contributed by atoms with Crippen LogP contribution < -0.4 is 0 Å². The van der Waals surface area contributed by atoms with Gasteiger partial charge in [0.1, 0.15) is 0 Å². The molecular weight excluding hydrogens is 136 g/mol. The van der Waals surface area contributed by atoms with Gasteiger partial charge in [-0.2, -0.15) is 0 Å². The smallest absolute Gasteiger partial charge is 0.0600 e. The van der Waals surface area contributed by atoms with E-state index in [1.165, 1.54) is 12.0 Å². The average Bonchev–Trinajstić information content (AvgIpc) is 2.13. The predicted molar refractivity (Wildman–Crippen MR) is 50.0 cm³/mol. The van der Waals surface area contributed by atoms with Gasteiger partial charge in [0.15, 0.2) is 0 Å². The van der Waals surface area contributed by atoms with Crippen LogP contribution in [0, 0.1) is 0 Å². The molecular formula is C9H16Si. The summed E-state index contributed by atoms with van der Waals surface area (Å²) in [7, 11) is -0.480. The summed E-state index contributed by atoms with van der Waals surface area (Å²) in [6.45, 7) is 9.27. The van der Waals surface area contributed by atoms with Gasteiger partial charge >= 0.3 is 0 Å². The minimum absolute atomic E-state index is 0.480. The molecule has 0 amide bonds. The van der Waals surface area contributed by atoms with E-state index in [2.05, 4.69) is 33.0 Å². The number of hydrogen-bond donors (Lipinski definition) is 0. The lowest BCUT2D eigenvalue weighted by Gasteiger charge is -2.03. The third-order valence-corrected chi connectivity index (χ3v) is 4.14. The molecule has 1 heteroatoms. The largest absolute Gasteiger partial charge is 0.0804 e. The summed E-state index contributed by atoms with van der Waals surface area (Å²) in [4.78, 5) is 0. The van der Waals surface area contributed by atoms with Crippen molar-refractivity contribution in [3.63, 3.8) is 0 Å². The highest BCUT2D eigenvalue weighted by molar-refractivity contribution is 6.64. The Kier molecular flexibility index (Phi) is 2.14. The van der Waals surface area contributed by atoms with Gasteiger partial charge in [0.05, 0.1) is 8.80 Å². The summed E-state index contributed by atoms with van der Waals surface area (Å²) in [5.74, 6) is 0. The third-order valence-electron chi connectivity index (χ3n) is 2.29. The Balaban J connectivity index is 2.70. The van der Waals surface area contributed by atoms with Crippen molar-refractivity contribution in [3.05, 3.63) is 22.4 Å². The van der Waals surface area contributed by atoms with E-state index in [0.717, 1.165) is 0 Å². The van der Waals surface area contributed by atoms with Gasteiger partial charge in [-0.3, -0.25) is 0 Å². The maximum absolute atomic E-state index is 2.40. The first-order valence-electron chi connectivity index (χ1n) is 3.98. The van der Waals surface area contributed by atoms with E-state index in [1.807, 2.05) is 0 Å². The molecule has 0 bridgehead atoms. The summed E-state index contributed by atoms with van der Waals surface area (Å²) in [6, 6.07) is 0. The fraction of sp³-hybridized carbons (Fsp3) is 0.556. The lowest BCUT2D eigenvalue weighted by Crippen LogP contribution is -2.03. The molecule has 0 radical (unpaired) electrons. The molecule has 0 atom stereocenters. The van der Waals surface area contributed by atoms with Gasteiger partial charge in [-0.05, 0) is 20.3 Å². The van der Waals surface area contributed by atoms with E-state index in [-0.39, 0.29) is 0 Å². The Morgan fingerprint density at radius 2 is 1.90 bits per heavy atom. The van der Waals surface area contributed by atoms with Crippen LogP contribution in [0.3, 0.4) is 0 Å². The van der Waals surface area contributed by atoms with Gasteiger partial charge in [-0.1, -0.05) is 35.5 Å². The van der Waals surface area contributed by atoms with Crippen molar-refractivity contribution in [1.29, 1.82) is 0 Å². The van der Waals surface area contributed by atoms with Crippen LogP contribution in [0.1, 0.15) is 20.3 Å². The van der Waals surface area contributed by atoms with Crippen LogP contribution in [0.4, 0.5) is 0 Å². The van der Waals surface area contributed by atoms with Crippen molar-refractivity contribution in [2.75, 3.05) is 0 Å². The van der Waals surface area contributed by atoms with Crippen LogP contribution in [-0.2, 0) is 0 Å². The molecule has 0 aromatic heterocycles. The monoisotopic (exact) mass is 152 g/mol. The molecule has 1 rings (SSSR count). The zero-order valence-electron chi connectivity index (χ0n) is 7.36. The maximum atomic E-state index is 2.40. The molecule has 0 N–H and O–H groups in total. The highest BCUT2D eigenvalue weighted by Crippen LogP contribution is 2.25. The van der Waals surface area contributed by atoms with Crippen LogP contribution in [0.2, 0.25) is 13.1 Å². The molecule has 1 aliphatic carbocycles. The molecule has 56 valence electrons. The van der Waals surface area contributed by atoms with Gasteiger partial charge < -0.3 is 0 Å². The lowest BCUT2D eigenvalue weighted by molar-refractivity contribution is 1.19. The Labute approximate surface area is 65.3 Å². The van der Waals surface area contributed by atoms with Gasteiger partial charge in [-0.25, -0.2) is 0 Å². The van der Waals surface area contributed by atoms with E-state index < -0.39 is 8.80 Å².